The van der Waals surface area contributed by atoms with E-state index >= 15 is 0 Å². The van der Waals surface area contributed by atoms with Gasteiger partial charge in [-0.1, -0.05) is 25.7 Å². The van der Waals surface area contributed by atoms with E-state index in [2.05, 4.69) is 15.5 Å². The molecule has 3 aliphatic rings. The van der Waals surface area contributed by atoms with Crippen LogP contribution in [0.25, 0.3) is 0 Å². The number of carbonyl (C=O) groups excluding carboxylic acids is 1. The lowest BCUT2D eigenvalue weighted by molar-refractivity contribution is -0.123. The van der Waals surface area contributed by atoms with Gasteiger partial charge in [-0.3, -0.25) is 4.79 Å². The fourth-order valence-electron chi connectivity index (χ4n) is 4.55. The highest BCUT2D eigenvalue weighted by Crippen LogP contribution is 2.20. The standard InChI is InChI=1S/C20H37N3O2/c24-20(19-10-5-11-21-19)22-15-17-7-6-12-23(16-17)13-14-25-18-8-3-1-2-4-9-18/h17-19,21H,1-16H2,(H,22,24). The molecule has 25 heavy (non-hydrogen) atoms. The molecule has 1 saturated carbocycles. The third-order valence-electron chi connectivity index (χ3n) is 6.11. The summed E-state index contributed by atoms with van der Waals surface area (Å²) in [6.45, 7) is 6.02. The molecule has 5 heteroatoms. The van der Waals surface area contributed by atoms with Crippen LogP contribution in [-0.4, -0.2) is 62.3 Å². The molecule has 2 saturated heterocycles. The van der Waals surface area contributed by atoms with Crippen LogP contribution in [0, 0.1) is 5.92 Å². The van der Waals surface area contributed by atoms with Gasteiger partial charge < -0.3 is 20.3 Å². The lowest BCUT2D eigenvalue weighted by Crippen LogP contribution is -2.46. The van der Waals surface area contributed by atoms with Crippen LogP contribution >= 0.6 is 0 Å². The number of amides is 1. The second kappa shape index (κ2) is 10.5. The molecule has 0 aromatic heterocycles. The molecule has 1 amide bonds. The number of carbonyl (C=O) groups is 1. The van der Waals surface area contributed by atoms with E-state index in [9.17, 15) is 4.79 Å². The molecule has 2 unspecified atom stereocenters. The molecule has 0 aromatic rings. The van der Waals surface area contributed by atoms with Gasteiger partial charge in [-0.2, -0.15) is 0 Å². The summed E-state index contributed by atoms with van der Waals surface area (Å²) >= 11 is 0. The van der Waals surface area contributed by atoms with Gasteiger partial charge in [0.05, 0.1) is 18.8 Å². The number of hydrogen-bond acceptors (Lipinski definition) is 4. The number of ether oxygens (including phenoxy) is 1. The van der Waals surface area contributed by atoms with Crippen molar-refractivity contribution >= 4 is 5.91 Å². The van der Waals surface area contributed by atoms with Gasteiger partial charge in [0, 0.05) is 19.6 Å². The lowest BCUT2D eigenvalue weighted by Gasteiger charge is -2.33. The molecule has 1 aliphatic carbocycles. The molecule has 2 heterocycles. The Bertz CT molecular complexity index is 390. The number of hydrogen-bond donors (Lipinski definition) is 2. The Morgan fingerprint density at radius 3 is 2.64 bits per heavy atom. The summed E-state index contributed by atoms with van der Waals surface area (Å²) < 4.78 is 6.15. The summed E-state index contributed by atoms with van der Waals surface area (Å²) in [6, 6.07) is 0.0488. The lowest BCUT2D eigenvalue weighted by atomic mass is 9.98. The van der Waals surface area contributed by atoms with Crippen molar-refractivity contribution in [3.63, 3.8) is 0 Å². The highest BCUT2D eigenvalue weighted by atomic mass is 16.5. The van der Waals surface area contributed by atoms with Crippen LogP contribution in [0.1, 0.15) is 64.2 Å². The number of nitrogens with zero attached hydrogens (tertiary/aromatic N) is 1. The number of likely N-dealkylation sites (tertiary alicyclic amines) is 1. The summed E-state index contributed by atoms with van der Waals surface area (Å²) in [5.41, 5.74) is 0. The minimum Gasteiger partial charge on any atom is -0.377 e. The smallest absolute Gasteiger partial charge is 0.237 e. The summed E-state index contributed by atoms with van der Waals surface area (Å²) in [7, 11) is 0. The largest absolute Gasteiger partial charge is 0.377 e. The highest BCUT2D eigenvalue weighted by Gasteiger charge is 2.24. The van der Waals surface area contributed by atoms with Crippen LogP contribution < -0.4 is 10.6 Å². The summed E-state index contributed by atoms with van der Waals surface area (Å²) in [5.74, 6) is 0.795. The fourth-order valence-corrected chi connectivity index (χ4v) is 4.55. The molecule has 2 atom stereocenters. The number of piperidine rings is 1. The van der Waals surface area contributed by atoms with E-state index in [0.29, 0.717) is 12.0 Å². The first-order valence-corrected chi connectivity index (χ1v) is 10.7. The van der Waals surface area contributed by atoms with Crippen LogP contribution in [0.4, 0.5) is 0 Å². The van der Waals surface area contributed by atoms with E-state index in [1.165, 1.54) is 57.9 Å². The van der Waals surface area contributed by atoms with Crippen LogP contribution in [-0.2, 0) is 9.53 Å². The average Bonchev–Trinajstić information content (AvgIpc) is 3.05. The SMILES string of the molecule is O=C(NCC1CCCN(CCOC2CCCCCC2)C1)C1CCCN1. The first-order valence-electron chi connectivity index (χ1n) is 10.7. The topological polar surface area (TPSA) is 53.6 Å². The van der Waals surface area contributed by atoms with Crippen molar-refractivity contribution < 1.29 is 9.53 Å². The summed E-state index contributed by atoms with van der Waals surface area (Å²) in [4.78, 5) is 14.7. The first kappa shape index (κ1) is 19.1. The normalized spacial score (nSPS) is 29.4. The molecule has 3 rings (SSSR count). The maximum absolute atomic E-state index is 12.1. The van der Waals surface area contributed by atoms with Gasteiger partial charge in [0.1, 0.15) is 0 Å². The molecule has 0 aromatic carbocycles. The van der Waals surface area contributed by atoms with E-state index in [4.69, 9.17) is 4.74 Å². The van der Waals surface area contributed by atoms with Gasteiger partial charge in [-0.25, -0.2) is 0 Å². The Balaban J connectivity index is 1.30. The van der Waals surface area contributed by atoms with Crippen molar-refractivity contribution in [2.24, 2.45) is 5.92 Å². The molecule has 0 spiro atoms. The van der Waals surface area contributed by atoms with Crippen LogP contribution in [0.2, 0.25) is 0 Å². The van der Waals surface area contributed by atoms with Crippen LogP contribution in [0.15, 0.2) is 0 Å². The minimum absolute atomic E-state index is 0.0488. The van der Waals surface area contributed by atoms with Gasteiger partial charge in [0.2, 0.25) is 5.91 Å². The molecule has 5 nitrogen and oxygen atoms in total. The maximum Gasteiger partial charge on any atom is 0.237 e. The Morgan fingerprint density at radius 1 is 1.04 bits per heavy atom. The molecule has 144 valence electrons. The average molecular weight is 352 g/mol. The minimum atomic E-state index is 0.0488. The van der Waals surface area contributed by atoms with Crippen LogP contribution in [0.5, 0.6) is 0 Å². The van der Waals surface area contributed by atoms with Crippen molar-refractivity contribution in [3.05, 3.63) is 0 Å². The zero-order valence-corrected chi connectivity index (χ0v) is 15.8. The van der Waals surface area contributed by atoms with Crippen molar-refractivity contribution in [1.82, 2.24) is 15.5 Å². The quantitative estimate of drug-likeness (QED) is 0.691. The van der Waals surface area contributed by atoms with Crippen molar-refractivity contribution in [1.29, 1.82) is 0 Å². The third kappa shape index (κ3) is 6.54. The summed E-state index contributed by atoms with van der Waals surface area (Å²) in [6.07, 6.45) is 13.0. The first-order chi connectivity index (χ1) is 12.3. The Morgan fingerprint density at radius 2 is 1.88 bits per heavy atom. The molecule has 3 fully saturated rings. The van der Waals surface area contributed by atoms with E-state index in [-0.39, 0.29) is 11.9 Å². The molecule has 0 radical (unpaired) electrons. The Labute approximate surface area is 153 Å². The van der Waals surface area contributed by atoms with Gasteiger partial charge in [-0.15, -0.1) is 0 Å². The number of nitrogens with one attached hydrogen (secondary N) is 2. The van der Waals surface area contributed by atoms with E-state index in [1.54, 1.807) is 0 Å². The van der Waals surface area contributed by atoms with Crippen molar-refractivity contribution in [2.75, 3.05) is 39.3 Å². The maximum atomic E-state index is 12.1. The molecule has 2 N–H and O–H groups in total. The predicted molar refractivity (Wildman–Crippen MR) is 101 cm³/mol. The summed E-state index contributed by atoms with van der Waals surface area (Å²) in [5, 5.41) is 6.45. The zero-order valence-electron chi connectivity index (χ0n) is 15.8. The molecular weight excluding hydrogens is 314 g/mol. The molecule has 2 aliphatic heterocycles. The predicted octanol–water partition coefficient (Wildman–Crippen LogP) is 2.31. The second-order valence-corrected chi connectivity index (χ2v) is 8.19. The fraction of sp³-hybridized carbons (Fsp3) is 0.950. The van der Waals surface area contributed by atoms with E-state index in [0.717, 1.165) is 45.6 Å². The molecular formula is C20H37N3O2. The molecule has 0 bridgehead atoms. The third-order valence-corrected chi connectivity index (χ3v) is 6.11. The van der Waals surface area contributed by atoms with E-state index < -0.39 is 0 Å². The number of rotatable bonds is 7. The monoisotopic (exact) mass is 351 g/mol. The van der Waals surface area contributed by atoms with Crippen molar-refractivity contribution in [2.45, 2.75) is 76.4 Å². The van der Waals surface area contributed by atoms with Gasteiger partial charge in [-0.05, 0) is 57.5 Å². The Kier molecular flexibility index (Phi) is 8.02. The second-order valence-electron chi connectivity index (χ2n) is 8.19. The Hall–Kier alpha value is -0.650. The van der Waals surface area contributed by atoms with Gasteiger partial charge >= 0.3 is 0 Å². The van der Waals surface area contributed by atoms with Gasteiger partial charge in [0.15, 0.2) is 0 Å². The van der Waals surface area contributed by atoms with Crippen molar-refractivity contribution in [3.8, 4) is 0 Å². The van der Waals surface area contributed by atoms with Gasteiger partial charge in [0.25, 0.3) is 0 Å². The highest BCUT2D eigenvalue weighted by molar-refractivity contribution is 5.81. The van der Waals surface area contributed by atoms with Crippen LogP contribution in [0.3, 0.4) is 0 Å². The zero-order chi connectivity index (χ0) is 17.3. The van der Waals surface area contributed by atoms with E-state index in [1.807, 2.05) is 0 Å².